The van der Waals surface area contributed by atoms with Crippen molar-refractivity contribution in [3.8, 4) is 11.3 Å². The first-order chi connectivity index (χ1) is 13.2. The van der Waals surface area contributed by atoms with Crippen molar-refractivity contribution < 1.29 is 4.39 Å². The van der Waals surface area contributed by atoms with Gasteiger partial charge in [0, 0.05) is 33.8 Å². The van der Waals surface area contributed by atoms with Crippen LogP contribution in [0.4, 0.5) is 4.39 Å². The van der Waals surface area contributed by atoms with Crippen molar-refractivity contribution >= 4 is 21.9 Å². The van der Waals surface area contributed by atoms with Crippen LogP contribution in [0, 0.1) is 12.7 Å². The molecule has 1 fully saturated rings. The lowest BCUT2D eigenvalue weighted by Crippen LogP contribution is -2.27. The molecular weight excluding hydrogens is 339 g/mol. The summed E-state index contributed by atoms with van der Waals surface area (Å²) in [6, 6.07) is 13.3. The number of rotatable bonds is 2. The molecule has 1 aliphatic rings. The maximum Gasteiger partial charge on any atom is 0.134 e. The summed E-state index contributed by atoms with van der Waals surface area (Å²) in [5, 5.41) is 4.38. The number of pyridine rings is 2. The second kappa shape index (κ2) is 6.43. The number of aromatic amines is 1. The number of aryl methyl sites for hydroxylation is 1. The van der Waals surface area contributed by atoms with Gasteiger partial charge in [0.2, 0.25) is 0 Å². The smallest absolute Gasteiger partial charge is 0.134 e. The topological polar surface area (TPSA) is 53.6 Å². The third-order valence-corrected chi connectivity index (χ3v) is 5.44. The van der Waals surface area contributed by atoms with E-state index in [0.29, 0.717) is 17.2 Å². The molecule has 0 bridgehead atoms. The first-order valence-corrected chi connectivity index (χ1v) is 9.45. The normalized spacial score (nSPS) is 15.6. The summed E-state index contributed by atoms with van der Waals surface area (Å²) in [4.78, 5) is 12.7. The third kappa shape index (κ3) is 2.98. The van der Waals surface area contributed by atoms with Crippen LogP contribution in [-0.2, 0) is 0 Å². The van der Waals surface area contributed by atoms with E-state index in [2.05, 4.69) is 21.4 Å². The first-order valence-electron chi connectivity index (χ1n) is 9.45. The largest absolute Gasteiger partial charge is 0.359 e. The number of aromatic nitrogens is 3. The Balaban J connectivity index is 1.55. The van der Waals surface area contributed by atoms with E-state index in [0.717, 1.165) is 59.3 Å². The molecule has 0 spiro atoms. The van der Waals surface area contributed by atoms with Crippen molar-refractivity contribution in [3.05, 3.63) is 59.7 Å². The van der Waals surface area contributed by atoms with Gasteiger partial charge in [-0.1, -0.05) is 0 Å². The molecule has 0 atom stereocenters. The van der Waals surface area contributed by atoms with E-state index in [1.165, 1.54) is 0 Å². The molecule has 1 aromatic carbocycles. The Kier molecular flexibility index (Phi) is 3.90. The molecule has 5 rings (SSSR count). The fraction of sp³-hybridized carbons (Fsp3) is 0.273. The van der Waals surface area contributed by atoms with Crippen molar-refractivity contribution in [2.75, 3.05) is 13.1 Å². The Morgan fingerprint density at radius 2 is 1.74 bits per heavy atom. The molecule has 1 aliphatic heterocycles. The molecule has 0 radical (unpaired) electrons. The van der Waals surface area contributed by atoms with Gasteiger partial charge in [-0.2, -0.15) is 0 Å². The van der Waals surface area contributed by atoms with Gasteiger partial charge in [0.25, 0.3) is 0 Å². The molecule has 0 amide bonds. The first kappa shape index (κ1) is 16.4. The van der Waals surface area contributed by atoms with Gasteiger partial charge in [-0.25, -0.2) is 9.37 Å². The maximum atomic E-state index is 14.6. The number of H-pyrrole nitrogens is 1. The summed E-state index contributed by atoms with van der Waals surface area (Å²) in [5.41, 5.74) is 5.78. The lowest BCUT2D eigenvalue weighted by molar-refractivity contribution is 0.454. The zero-order valence-corrected chi connectivity index (χ0v) is 15.2. The van der Waals surface area contributed by atoms with E-state index in [1.807, 2.05) is 37.3 Å². The Hall–Kier alpha value is -2.79. The van der Waals surface area contributed by atoms with E-state index in [4.69, 9.17) is 4.98 Å². The summed E-state index contributed by atoms with van der Waals surface area (Å²) in [7, 11) is 0. The number of halogens is 1. The molecule has 2 N–H and O–H groups in total. The van der Waals surface area contributed by atoms with Crippen LogP contribution in [0.15, 0.2) is 42.5 Å². The minimum Gasteiger partial charge on any atom is -0.359 e. The van der Waals surface area contributed by atoms with E-state index in [1.54, 1.807) is 6.07 Å². The standard InChI is InChI=1S/C22H21FN4/c1-13-10-15-11-16(17(23)12-22(15)25-13)19-3-5-20-21(27-19)4-2-18(26-20)14-6-8-24-9-7-14/h2-5,10-12,14,24-25H,6-9H2,1H3. The highest BCUT2D eigenvalue weighted by atomic mass is 19.1. The van der Waals surface area contributed by atoms with Crippen LogP contribution >= 0.6 is 0 Å². The number of piperidine rings is 1. The van der Waals surface area contributed by atoms with Crippen LogP contribution in [0.2, 0.25) is 0 Å². The van der Waals surface area contributed by atoms with Gasteiger partial charge < -0.3 is 10.3 Å². The molecule has 0 unspecified atom stereocenters. The van der Waals surface area contributed by atoms with E-state index in [9.17, 15) is 4.39 Å². The van der Waals surface area contributed by atoms with Crippen LogP contribution in [0.5, 0.6) is 0 Å². The summed E-state index contributed by atoms with van der Waals surface area (Å²) in [5.74, 6) is 0.238. The highest BCUT2D eigenvalue weighted by Gasteiger charge is 2.17. The number of fused-ring (bicyclic) bond motifs is 2. The summed E-state index contributed by atoms with van der Waals surface area (Å²) < 4.78 is 14.6. The summed E-state index contributed by atoms with van der Waals surface area (Å²) >= 11 is 0. The molecule has 27 heavy (non-hydrogen) atoms. The van der Waals surface area contributed by atoms with E-state index in [-0.39, 0.29) is 5.82 Å². The fourth-order valence-corrected chi connectivity index (χ4v) is 4.02. The number of hydrogen-bond acceptors (Lipinski definition) is 3. The van der Waals surface area contributed by atoms with Crippen molar-refractivity contribution in [3.63, 3.8) is 0 Å². The van der Waals surface area contributed by atoms with Crippen molar-refractivity contribution in [1.29, 1.82) is 0 Å². The molecule has 0 saturated carbocycles. The van der Waals surface area contributed by atoms with Gasteiger partial charge in [-0.15, -0.1) is 0 Å². The van der Waals surface area contributed by atoms with Gasteiger partial charge >= 0.3 is 0 Å². The number of nitrogens with zero attached hydrogens (tertiary/aromatic N) is 2. The third-order valence-electron chi connectivity index (χ3n) is 5.44. The van der Waals surface area contributed by atoms with Crippen LogP contribution in [0.25, 0.3) is 33.2 Å². The van der Waals surface area contributed by atoms with Gasteiger partial charge in [-0.3, -0.25) is 4.98 Å². The van der Waals surface area contributed by atoms with E-state index < -0.39 is 0 Å². The molecule has 5 heteroatoms. The van der Waals surface area contributed by atoms with Crippen molar-refractivity contribution in [2.45, 2.75) is 25.7 Å². The number of nitrogens with one attached hydrogen (secondary N) is 2. The highest BCUT2D eigenvalue weighted by Crippen LogP contribution is 2.29. The van der Waals surface area contributed by atoms with E-state index >= 15 is 0 Å². The molecule has 136 valence electrons. The Morgan fingerprint density at radius 1 is 0.963 bits per heavy atom. The molecule has 0 aliphatic carbocycles. The minimum absolute atomic E-state index is 0.268. The van der Waals surface area contributed by atoms with Crippen molar-refractivity contribution in [2.24, 2.45) is 0 Å². The molecular formula is C22H21FN4. The van der Waals surface area contributed by atoms with Crippen LogP contribution in [-0.4, -0.2) is 28.0 Å². The van der Waals surface area contributed by atoms with Crippen LogP contribution in [0.3, 0.4) is 0 Å². The molecule has 4 nitrogen and oxygen atoms in total. The molecule has 1 saturated heterocycles. The average molecular weight is 360 g/mol. The predicted octanol–water partition coefficient (Wildman–Crippen LogP) is 4.69. The van der Waals surface area contributed by atoms with Gasteiger partial charge in [0.05, 0.1) is 16.7 Å². The molecule has 4 heterocycles. The summed E-state index contributed by atoms with van der Waals surface area (Å²) in [6.45, 7) is 4.06. The average Bonchev–Trinajstić information content (AvgIpc) is 3.06. The SMILES string of the molecule is Cc1cc2cc(-c3ccc4nc(C5CCNCC5)ccc4n3)c(F)cc2[nH]1. The minimum atomic E-state index is -0.268. The maximum absolute atomic E-state index is 14.6. The van der Waals surface area contributed by atoms with Crippen LogP contribution < -0.4 is 5.32 Å². The zero-order chi connectivity index (χ0) is 18.4. The Labute approximate surface area is 156 Å². The Bertz CT molecular complexity index is 1140. The number of hydrogen-bond donors (Lipinski definition) is 2. The number of benzene rings is 1. The van der Waals surface area contributed by atoms with Gasteiger partial charge in [0.15, 0.2) is 0 Å². The summed E-state index contributed by atoms with van der Waals surface area (Å²) in [6.07, 6.45) is 2.23. The lowest BCUT2D eigenvalue weighted by Gasteiger charge is -2.22. The molecule has 4 aromatic rings. The van der Waals surface area contributed by atoms with Crippen LogP contribution in [0.1, 0.15) is 30.1 Å². The fourth-order valence-electron chi connectivity index (χ4n) is 4.02. The highest BCUT2D eigenvalue weighted by molar-refractivity contribution is 5.87. The second-order valence-electron chi connectivity index (χ2n) is 7.37. The monoisotopic (exact) mass is 360 g/mol. The quantitative estimate of drug-likeness (QED) is 0.545. The second-order valence-corrected chi connectivity index (χ2v) is 7.37. The Morgan fingerprint density at radius 3 is 2.59 bits per heavy atom. The lowest BCUT2D eigenvalue weighted by atomic mass is 9.94. The predicted molar refractivity (Wildman–Crippen MR) is 106 cm³/mol. The van der Waals surface area contributed by atoms with Crippen molar-refractivity contribution in [1.82, 2.24) is 20.3 Å². The zero-order valence-electron chi connectivity index (χ0n) is 15.2. The van der Waals surface area contributed by atoms with Gasteiger partial charge in [-0.05, 0) is 75.3 Å². The molecule has 3 aromatic heterocycles. The van der Waals surface area contributed by atoms with Gasteiger partial charge in [0.1, 0.15) is 5.82 Å².